The number of aromatic nitrogens is 2. The number of methoxy groups -OCH3 is 1. The number of fused-ring (bicyclic) bond motifs is 1. The number of hydrogen-bond donors (Lipinski definition) is 1. The second-order valence-corrected chi connectivity index (χ2v) is 5.46. The molecular weight excluding hydrogens is 320 g/mol. The van der Waals surface area contributed by atoms with Crippen LogP contribution in [0.25, 0.3) is 22.7 Å². The van der Waals surface area contributed by atoms with Crippen LogP contribution in [0.15, 0.2) is 36.4 Å². The number of ether oxygens (including phenoxy) is 1. The Hall–Kier alpha value is -3.66. The largest absolute Gasteiger partial charge is 0.496 e. The molecule has 0 aliphatic heterocycles. The molecule has 1 heterocycles. The maximum atomic E-state index is 11.0. The number of nitriles is 1. The number of nitro groups is 1. The van der Waals surface area contributed by atoms with E-state index in [-0.39, 0.29) is 11.3 Å². The Bertz CT molecular complexity index is 1040. The van der Waals surface area contributed by atoms with Crippen molar-refractivity contribution in [2.75, 3.05) is 7.11 Å². The van der Waals surface area contributed by atoms with Crippen LogP contribution in [0.3, 0.4) is 0 Å². The normalized spacial score (nSPS) is 11.3. The minimum Gasteiger partial charge on any atom is -0.496 e. The van der Waals surface area contributed by atoms with E-state index in [1.54, 1.807) is 0 Å². The molecule has 0 bridgehead atoms. The fraction of sp³-hybridized carbons (Fsp3) is 0.111. The number of rotatable bonds is 4. The van der Waals surface area contributed by atoms with Crippen LogP contribution >= 0.6 is 0 Å². The molecule has 7 heteroatoms. The molecule has 0 saturated carbocycles. The molecule has 0 radical (unpaired) electrons. The molecule has 2 aromatic carbocycles. The Kier molecular flexibility index (Phi) is 4.18. The van der Waals surface area contributed by atoms with Crippen molar-refractivity contribution < 1.29 is 9.66 Å². The van der Waals surface area contributed by atoms with Crippen molar-refractivity contribution in [2.45, 2.75) is 6.92 Å². The van der Waals surface area contributed by atoms with Crippen molar-refractivity contribution in [3.63, 3.8) is 0 Å². The molecule has 25 heavy (non-hydrogen) atoms. The molecule has 0 aliphatic rings. The van der Waals surface area contributed by atoms with E-state index in [9.17, 15) is 15.4 Å². The molecule has 0 spiro atoms. The highest BCUT2D eigenvalue weighted by Gasteiger charge is 2.13. The highest BCUT2D eigenvalue weighted by Crippen LogP contribution is 2.28. The van der Waals surface area contributed by atoms with E-state index in [1.165, 1.54) is 31.4 Å². The zero-order chi connectivity index (χ0) is 18.0. The number of allylic oxidation sites excluding steroid dienone is 1. The van der Waals surface area contributed by atoms with Crippen molar-refractivity contribution in [1.29, 1.82) is 5.26 Å². The fourth-order valence-corrected chi connectivity index (χ4v) is 2.51. The molecule has 7 nitrogen and oxygen atoms in total. The zero-order valence-corrected chi connectivity index (χ0v) is 13.6. The summed E-state index contributed by atoms with van der Waals surface area (Å²) in [7, 11) is 1.47. The Labute approximate surface area is 143 Å². The van der Waals surface area contributed by atoms with Crippen molar-refractivity contribution in [2.24, 2.45) is 0 Å². The second kappa shape index (κ2) is 6.45. The van der Waals surface area contributed by atoms with Gasteiger partial charge in [-0.15, -0.1) is 0 Å². The minimum absolute atomic E-state index is 0.0791. The van der Waals surface area contributed by atoms with Crippen LogP contribution in [0.2, 0.25) is 0 Å². The van der Waals surface area contributed by atoms with Gasteiger partial charge in [0.2, 0.25) is 0 Å². The predicted molar refractivity (Wildman–Crippen MR) is 94.0 cm³/mol. The molecule has 0 unspecified atom stereocenters. The summed E-state index contributed by atoms with van der Waals surface area (Å²) in [6.45, 7) is 1.97. The van der Waals surface area contributed by atoms with Gasteiger partial charge >= 0.3 is 0 Å². The van der Waals surface area contributed by atoms with Crippen LogP contribution in [0, 0.1) is 28.4 Å². The molecule has 3 aromatic rings. The third kappa shape index (κ3) is 3.19. The smallest absolute Gasteiger partial charge is 0.270 e. The molecule has 0 aliphatic carbocycles. The number of nitrogens with one attached hydrogen (secondary N) is 1. The Morgan fingerprint density at radius 2 is 2.16 bits per heavy atom. The second-order valence-electron chi connectivity index (χ2n) is 5.46. The number of hydrogen-bond acceptors (Lipinski definition) is 5. The molecule has 0 saturated heterocycles. The number of nitro benzene ring substituents is 1. The summed E-state index contributed by atoms with van der Waals surface area (Å²) in [4.78, 5) is 18.0. The van der Waals surface area contributed by atoms with E-state index in [1.807, 2.05) is 25.1 Å². The van der Waals surface area contributed by atoms with Crippen molar-refractivity contribution in [3.05, 3.63) is 63.5 Å². The first-order chi connectivity index (χ1) is 12.0. The van der Waals surface area contributed by atoms with Crippen LogP contribution in [0.1, 0.15) is 17.0 Å². The first-order valence-electron chi connectivity index (χ1n) is 7.43. The zero-order valence-electron chi connectivity index (χ0n) is 13.6. The fourth-order valence-electron chi connectivity index (χ4n) is 2.51. The van der Waals surface area contributed by atoms with Gasteiger partial charge in [0.1, 0.15) is 17.6 Å². The maximum absolute atomic E-state index is 11.0. The average Bonchev–Trinajstić information content (AvgIpc) is 3.02. The summed E-state index contributed by atoms with van der Waals surface area (Å²) in [5.41, 5.74) is 3.25. The number of nitrogens with zero attached hydrogens (tertiary/aromatic N) is 3. The molecule has 0 amide bonds. The third-order valence-corrected chi connectivity index (χ3v) is 3.74. The van der Waals surface area contributed by atoms with Gasteiger partial charge in [-0.05, 0) is 36.8 Å². The van der Waals surface area contributed by atoms with E-state index in [4.69, 9.17) is 4.74 Å². The van der Waals surface area contributed by atoms with Gasteiger partial charge in [0.15, 0.2) is 0 Å². The summed E-state index contributed by atoms with van der Waals surface area (Å²) in [5.74, 6) is 0.835. The maximum Gasteiger partial charge on any atom is 0.270 e. The van der Waals surface area contributed by atoms with E-state index < -0.39 is 4.92 Å². The molecule has 3 rings (SSSR count). The summed E-state index contributed by atoms with van der Waals surface area (Å²) >= 11 is 0. The molecule has 1 aromatic heterocycles. The lowest BCUT2D eigenvalue weighted by Crippen LogP contribution is -1.93. The standard InChI is InChI=1S/C18H14N4O3/c1-11-3-5-15-16(7-11)21-18(20-15)13(10-19)8-12-9-14(22(23)24)4-6-17(12)25-2/h3-9H,1-2H3,(H,20,21). The van der Waals surface area contributed by atoms with Crippen molar-refractivity contribution >= 4 is 28.4 Å². The van der Waals surface area contributed by atoms with Gasteiger partial charge in [-0.3, -0.25) is 10.1 Å². The van der Waals surface area contributed by atoms with Gasteiger partial charge in [-0.1, -0.05) is 6.07 Å². The monoisotopic (exact) mass is 334 g/mol. The number of benzene rings is 2. The van der Waals surface area contributed by atoms with Gasteiger partial charge in [0.05, 0.1) is 28.6 Å². The molecular formula is C18H14N4O3. The van der Waals surface area contributed by atoms with E-state index in [0.717, 1.165) is 16.6 Å². The summed E-state index contributed by atoms with van der Waals surface area (Å²) in [5, 5.41) is 20.5. The Morgan fingerprint density at radius 1 is 1.36 bits per heavy atom. The molecule has 0 fully saturated rings. The first-order valence-corrected chi connectivity index (χ1v) is 7.43. The van der Waals surface area contributed by atoms with Crippen molar-refractivity contribution in [1.82, 2.24) is 9.97 Å². The number of H-pyrrole nitrogens is 1. The van der Waals surface area contributed by atoms with E-state index >= 15 is 0 Å². The topological polar surface area (TPSA) is 105 Å². The van der Waals surface area contributed by atoms with Gasteiger partial charge in [0.25, 0.3) is 5.69 Å². The lowest BCUT2D eigenvalue weighted by Gasteiger charge is -2.04. The predicted octanol–water partition coefficient (Wildman–Crippen LogP) is 3.85. The number of aryl methyl sites for hydroxylation is 1. The highest BCUT2D eigenvalue weighted by molar-refractivity contribution is 5.91. The quantitative estimate of drug-likeness (QED) is 0.443. The summed E-state index contributed by atoms with van der Waals surface area (Å²) in [6, 6.07) is 12.0. The number of aromatic amines is 1. The average molecular weight is 334 g/mol. The van der Waals surface area contributed by atoms with E-state index in [2.05, 4.69) is 16.0 Å². The van der Waals surface area contributed by atoms with Crippen LogP contribution in [0.5, 0.6) is 5.75 Å². The highest BCUT2D eigenvalue weighted by atomic mass is 16.6. The van der Waals surface area contributed by atoms with E-state index in [0.29, 0.717) is 17.1 Å². The first kappa shape index (κ1) is 16.2. The lowest BCUT2D eigenvalue weighted by atomic mass is 10.1. The van der Waals surface area contributed by atoms with Gasteiger partial charge < -0.3 is 9.72 Å². The van der Waals surface area contributed by atoms with Crippen LogP contribution in [0.4, 0.5) is 5.69 Å². The SMILES string of the molecule is COc1ccc([N+](=O)[O-])cc1C=C(C#N)c1nc2ccc(C)cc2[nH]1. The van der Waals surface area contributed by atoms with Crippen LogP contribution in [-0.2, 0) is 0 Å². The van der Waals surface area contributed by atoms with Gasteiger partial charge in [-0.2, -0.15) is 5.26 Å². The number of imidazole rings is 1. The minimum atomic E-state index is -0.493. The number of non-ortho nitro benzene ring substituents is 1. The summed E-state index contributed by atoms with van der Waals surface area (Å²) < 4.78 is 5.23. The Morgan fingerprint density at radius 3 is 2.84 bits per heavy atom. The lowest BCUT2D eigenvalue weighted by molar-refractivity contribution is -0.384. The molecule has 1 N–H and O–H groups in total. The van der Waals surface area contributed by atoms with Crippen molar-refractivity contribution in [3.8, 4) is 11.8 Å². The van der Waals surface area contributed by atoms with Crippen LogP contribution < -0.4 is 4.74 Å². The van der Waals surface area contributed by atoms with Crippen LogP contribution in [-0.4, -0.2) is 22.0 Å². The molecule has 0 atom stereocenters. The van der Waals surface area contributed by atoms with Gasteiger partial charge in [-0.25, -0.2) is 4.98 Å². The third-order valence-electron chi connectivity index (χ3n) is 3.74. The Balaban J connectivity index is 2.12. The summed E-state index contributed by atoms with van der Waals surface area (Å²) in [6.07, 6.45) is 1.52. The molecule has 124 valence electrons. The van der Waals surface area contributed by atoms with Gasteiger partial charge in [0, 0.05) is 17.7 Å².